The first-order valence-electron chi connectivity index (χ1n) is 5.47. The average molecular weight is 310 g/mol. The molecule has 1 aromatic rings. The molecule has 0 fully saturated rings. The summed E-state index contributed by atoms with van der Waals surface area (Å²) in [5, 5.41) is 4.18. The van der Waals surface area contributed by atoms with Crippen LogP contribution in [0, 0.1) is 0 Å². The number of benzene rings is 1. The zero-order valence-corrected chi connectivity index (χ0v) is 12.7. The molecule has 1 aromatic carbocycles. The maximum Gasteiger partial charge on any atom is 0.241 e. The molecule has 100 valence electrons. The molecule has 0 spiro atoms. The summed E-state index contributed by atoms with van der Waals surface area (Å²) in [6.45, 7) is 4.02. The minimum atomic E-state index is -0.0351. The molecule has 0 heterocycles. The van der Waals surface area contributed by atoms with Crippen molar-refractivity contribution in [1.29, 1.82) is 0 Å². The van der Waals surface area contributed by atoms with Gasteiger partial charge in [0, 0.05) is 18.1 Å². The van der Waals surface area contributed by atoms with Crippen LogP contribution in [0.4, 0.5) is 5.69 Å². The van der Waals surface area contributed by atoms with Gasteiger partial charge < -0.3 is 10.2 Å². The molecule has 0 bridgehead atoms. The van der Waals surface area contributed by atoms with Gasteiger partial charge in [0.2, 0.25) is 5.91 Å². The summed E-state index contributed by atoms with van der Waals surface area (Å²) < 4.78 is 0. The molecule has 0 aliphatic carbocycles. The average Bonchev–Trinajstić information content (AvgIpc) is 2.25. The molecule has 1 amide bonds. The highest BCUT2D eigenvalue weighted by Gasteiger charge is 2.13. The summed E-state index contributed by atoms with van der Waals surface area (Å²) in [5.41, 5.74) is 0.522. The molecule has 0 saturated heterocycles. The van der Waals surface area contributed by atoms with E-state index in [1.54, 1.807) is 24.1 Å². The lowest BCUT2D eigenvalue weighted by Crippen LogP contribution is -2.37. The minimum absolute atomic E-state index is 0.0351. The third-order valence-electron chi connectivity index (χ3n) is 2.59. The van der Waals surface area contributed by atoms with Gasteiger partial charge in [-0.3, -0.25) is 4.79 Å². The minimum Gasteiger partial charge on any atom is -0.374 e. The third-order valence-corrected chi connectivity index (χ3v) is 3.41. The number of carbonyl (C=O) groups is 1. The maximum absolute atomic E-state index is 11.8. The van der Waals surface area contributed by atoms with Crippen molar-refractivity contribution in [2.75, 3.05) is 18.9 Å². The van der Waals surface area contributed by atoms with Crippen LogP contribution in [0.5, 0.6) is 0 Å². The quantitative estimate of drug-likeness (QED) is 0.914. The van der Waals surface area contributed by atoms with Crippen LogP contribution in [-0.4, -0.2) is 30.4 Å². The lowest BCUT2D eigenvalue weighted by molar-refractivity contribution is -0.129. The monoisotopic (exact) mass is 308 g/mol. The third kappa shape index (κ3) is 3.94. The van der Waals surface area contributed by atoms with Gasteiger partial charge in [0.05, 0.1) is 22.3 Å². The first kappa shape index (κ1) is 15.4. The second kappa shape index (κ2) is 6.50. The summed E-state index contributed by atoms with van der Waals surface area (Å²) in [5.74, 6) is -0.0351. The van der Waals surface area contributed by atoms with Crippen molar-refractivity contribution in [3.63, 3.8) is 0 Å². The van der Waals surface area contributed by atoms with Gasteiger partial charge in [0.15, 0.2) is 0 Å². The largest absolute Gasteiger partial charge is 0.374 e. The van der Waals surface area contributed by atoms with E-state index in [1.165, 1.54) is 0 Å². The van der Waals surface area contributed by atoms with Crippen LogP contribution in [0.15, 0.2) is 12.1 Å². The van der Waals surface area contributed by atoms with Crippen LogP contribution >= 0.6 is 34.8 Å². The summed E-state index contributed by atoms with van der Waals surface area (Å²) >= 11 is 17.8. The first-order valence-corrected chi connectivity index (χ1v) is 6.60. The lowest BCUT2D eigenvalue weighted by Gasteiger charge is -2.22. The topological polar surface area (TPSA) is 32.3 Å². The molecule has 0 aliphatic heterocycles. The predicted molar refractivity (Wildman–Crippen MR) is 77.9 cm³/mol. The highest BCUT2D eigenvalue weighted by atomic mass is 35.5. The van der Waals surface area contributed by atoms with E-state index >= 15 is 0 Å². The fraction of sp³-hybridized carbons (Fsp3) is 0.417. The van der Waals surface area contributed by atoms with E-state index in [9.17, 15) is 4.79 Å². The number of nitrogens with one attached hydrogen (secondary N) is 1. The molecule has 0 atom stereocenters. The highest BCUT2D eigenvalue weighted by molar-refractivity contribution is 6.41. The van der Waals surface area contributed by atoms with E-state index in [0.29, 0.717) is 20.8 Å². The molecule has 3 nitrogen and oxygen atoms in total. The van der Waals surface area contributed by atoms with Crippen LogP contribution in [-0.2, 0) is 4.79 Å². The van der Waals surface area contributed by atoms with E-state index in [-0.39, 0.29) is 18.5 Å². The van der Waals surface area contributed by atoms with Crippen molar-refractivity contribution in [3.8, 4) is 0 Å². The molecule has 1 rings (SSSR count). The Hall–Kier alpha value is -0.640. The number of hydrogen-bond donors (Lipinski definition) is 1. The Bertz CT molecular complexity index is 426. The Morgan fingerprint density at radius 2 is 1.78 bits per heavy atom. The van der Waals surface area contributed by atoms with Gasteiger partial charge in [-0.05, 0) is 26.0 Å². The van der Waals surface area contributed by atoms with Crippen LogP contribution in [0.2, 0.25) is 15.1 Å². The SMILES string of the molecule is CC(C)N(C)C(=O)CNc1c(Cl)cc(Cl)cc1Cl. The molecular weight excluding hydrogens is 295 g/mol. The number of amides is 1. The second-order valence-corrected chi connectivity index (χ2v) is 5.45. The number of anilines is 1. The number of hydrogen-bond acceptors (Lipinski definition) is 2. The van der Waals surface area contributed by atoms with Crippen molar-refractivity contribution in [2.24, 2.45) is 0 Å². The molecule has 0 aromatic heterocycles. The van der Waals surface area contributed by atoms with E-state index in [1.807, 2.05) is 13.8 Å². The van der Waals surface area contributed by atoms with Crippen LogP contribution in [0.3, 0.4) is 0 Å². The van der Waals surface area contributed by atoms with Crippen molar-refractivity contribution < 1.29 is 4.79 Å². The van der Waals surface area contributed by atoms with Gasteiger partial charge in [0.25, 0.3) is 0 Å². The summed E-state index contributed by atoms with van der Waals surface area (Å²) in [6.07, 6.45) is 0. The fourth-order valence-corrected chi connectivity index (χ4v) is 2.24. The van der Waals surface area contributed by atoms with Crippen molar-refractivity contribution >= 4 is 46.4 Å². The summed E-state index contributed by atoms with van der Waals surface area (Å²) in [4.78, 5) is 13.4. The highest BCUT2D eigenvalue weighted by Crippen LogP contribution is 2.33. The molecule has 6 heteroatoms. The first-order chi connectivity index (χ1) is 8.32. The lowest BCUT2D eigenvalue weighted by atomic mass is 10.3. The normalized spacial score (nSPS) is 10.6. The Balaban J connectivity index is 2.73. The zero-order chi connectivity index (χ0) is 13.9. The van der Waals surface area contributed by atoms with Gasteiger partial charge in [-0.2, -0.15) is 0 Å². The molecule has 0 aliphatic rings. The maximum atomic E-state index is 11.8. The van der Waals surface area contributed by atoms with Gasteiger partial charge in [-0.1, -0.05) is 34.8 Å². The Morgan fingerprint density at radius 1 is 1.28 bits per heavy atom. The molecule has 0 radical (unpaired) electrons. The van der Waals surface area contributed by atoms with Crippen molar-refractivity contribution in [3.05, 3.63) is 27.2 Å². The molecule has 18 heavy (non-hydrogen) atoms. The molecule has 0 saturated carbocycles. The number of carbonyl (C=O) groups excluding carboxylic acids is 1. The van der Waals surface area contributed by atoms with Gasteiger partial charge in [0.1, 0.15) is 0 Å². The molecule has 1 N–H and O–H groups in total. The molecule has 0 unspecified atom stereocenters. The number of likely N-dealkylation sites (N-methyl/N-ethyl adjacent to an activating group) is 1. The van der Waals surface area contributed by atoms with E-state index < -0.39 is 0 Å². The van der Waals surface area contributed by atoms with Crippen molar-refractivity contribution in [2.45, 2.75) is 19.9 Å². The van der Waals surface area contributed by atoms with E-state index in [2.05, 4.69) is 5.32 Å². The number of nitrogens with zero attached hydrogens (tertiary/aromatic N) is 1. The van der Waals surface area contributed by atoms with Gasteiger partial charge >= 0.3 is 0 Å². The summed E-state index contributed by atoms with van der Waals surface area (Å²) in [7, 11) is 1.75. The Labute approximate surface area is 122 Å². The Kier molecular flexibility index (Phi) is 5.57. The fourth-order valence-electron chi connectivity index (χ4n) is 1.29. The van der Waals surface area contributed by atoms with Crippen LogP contribution < -0.4 is 5.32 Å². The van der Waals surface area contributed by atoms with E-state index in [4.69, 9.17) is 34.8 Å². The van der Waals surface area contributed by atoms with E-state index in [0.717, 1.165) is 0 Å². The van der Waals surface area contributed by atoms with Crippen LogP contribution in [0.1, 0.15) is 13.8 Å². The Morgan fingerprint density at radius 3 is 2.22 bits per heavy atom. The number of rotatable bonds is 4. The van der Waals surface area contributed by atoms with Crippen molar-refractivity contribution in [1.82, 2.24) is 4.90 Å². The summed E-state index contributed by atoms with van der Waals surface area (Å²) in [6, 6.07) is 3.30. The number of halogens is 3. The predicted octanol–water partition coefficient (Wildman–Crippen LogP) is 3.93. The van der Waals surface area contributed by atoms with Gasteiger partial charge in [-0.15, -0.1) is 0 Å². The smallest absolute Gasteiger partial charge is 0.241 e. The zero-order valence-electron chi connectivity index (χ0n) is 10.4. The standard InChI is InChI=1S/C12H15Cl3N2O/c1-7(2)17(3)11(18)6-16-12-9(14)4-8(13)5-10(12)15/h4-5,7,16H,6H2,1-3H3. The molecular formula is C12H15Cl3N2O. The van der Waals surface area contributed by atoms with Gasteiger partial charge in [-0.25, -0.2) is 0 Å². The second-order valence-electron chi connectivity index (χ2n) is 4.20. The van der Waals surface area contributed by atoms with Crippen LogP contribution in [0.25, 0.3) is 0 Å².